The van der Waals surface area contributed by atoms with Crippen LogP contribution in [0.25, 0.3) is 11.3 Å². The van der Waals surface area contributed by atoms with Gasteiger partial charge in [0.2, 0.25) is 0 Å². The Morgan fingerprint density at radius 1 is 0.970 bits per heavy atom. The lowest BCUT2D eigenvalue weighted by Crippen LogP contribution is -2.28. The van der Waals surface area contributed by atoms with Gasteiger partial charge in [0.1, 0.15) is 0 Å². The number of amides is 2. The Labute approximate surface area is 188 Å². The topological polar surface area (TPSA) is 93.5 Å². The summed E-state index contributed by atoms with van der Waals surface area (Å²) in [7, 11) is 1.32. The molecule has 0 aliphatic carbocycles. The highest BCUT2D eigenvalue weighted by Gasteiger charge is 2.31. The minimum Gasteiger partial charge on any atom is -0.469 e. The lowest BCUT2D eigenvalue weighted by atomic mass is 9.89. The summed E-state index contributed by atoms with van der Waals surface area (Å²) in [5, 5.41) is 5.07. The average molecular weight is 461 g/mol. The summed E-state index contributed by atoms with van der Waals surface area (Å²) in [6.07, 6.45) is -2.63. The van der Waals surface area contributed by atoms with E-state index in [2.05, 4.69) is 15.6 Å². The van der Waals surface area contributed by atoms with E-state index in [1.54, 1.807) is 44.3 Å². The second-order valence-electron chi connectivity index (χ2n) is 7.90. The van der Waals surface area contributed by atoms with Gasteiger partial charge in [-0.15, -0.1) is 0 Å². The molecule has 0 aliphatic heterocycles. The van der Waals surface area contributed by atoms with Crippen LogP contribution >= 0.6 is 0 Å². The molecule has 3 aromatic rings. The molecule has 2 N–H and O–H groups in total. The molecule has 174 valence electrons. The van der Waals surface area contributed by atoms with Crippen molar-refractivity contribution in [2.75, 3.05) is 17.7 Å². The maximum Gasteiger partial charge on any atom is 0.416 e. The zero-order valence-electron chi connectivity index (χ0n) is 18.1. The van der Waals surface area contributed by atoms with Gasteiger partial charge in [-0.3, -0.25) is 4.79 Å². The molecule has 2 aromatic carbocycles. The maximum absolute atomic E-state index is 12.6. The van der Waals surface area contributed by atoms with Gasteiger partial charge in [-0.05, 0) is 62.4 Å². The predicted molar refractivity (Wildman–Crippen MR) is 116 cm³/mol. The zero-order valence-corrected chi connectivity index (χ0v) is 18.1. The number of alkyl halides is 3. The molecule has 0 saturated heterocycles. The van der Waals surface area contributed by atoms with E-state index < -0.39 is 23.2 Å². The number of oxazole rings is 1. The number of carbonyl (C=O) groups is 2. The summed E-state index contributed by atoms with van der Waals surface area (Å²) in [6, 6.07) is 10.2. The monoisotopic (exact) mass is 461 g/mol. The Morgan fingerprint density at radius 2 is 1.52 bits per heavy atom. The highest BCUT2D eigenvalue weighted by Crippen LogP contribution is 2.30. The van der Waals surface area contributed by atoms with E-state index >= 15 is 0 Å². The highest BCUT2D eigenvalue weighted by atomic mass is 19.4. The van der Waals surface area contributed by atoms with Crippen molar-refractivity contribution >= 4 is 23.4 Å². The lowest BCUT2D eigenvalue weighted by molar-refractivity contribution is -0.150. The Hall–Kier alpha value is -3.82. The molecule has 10 heteroatoms. The number of methoxy groups -OCH3 is 1. The number of urea groups is 1. The molecule has 0 bridgehead atoms. The van der Waals surface area contributed by atoms with E-state index in [4.69, 9.17) is 9.15 Å². The largest absolute Gasteiger partial charge is 0.469 e. The Morgan fingerprint density at radius 3 is 2.03 bits per heavy atom. The van der Waals surface area contributed by atoms with Crippen LogP contribution in [0.4, 0.5) is 29.3 Å². The molecule has 2 amide bonds. The van der Waals surface area contributed by atoms with Crippen molar-refractivity contribution in [1.82, 2.24) is 4.98 Å². The van der Waals surface area contributed by atoms with Gasteiger partial charge in [0.25, 0.3) is 0 Å². The summed E-state index contributed by atoms with van der Waals surface area (Å²) in [4.78, 5) is 28.2. The highest BCUT2D eigenvalue weighted by molar-refractivity contribution is 5.99. The van der Waals surface area contributed by atoms with Gasteiger partial charge in [0.05, 0.1) is 24.3 Å². The summed E-state index contributed by atoms with van der Waals surface area (Å²) < 4.78 is 48.4. The van der Waals surface area contributed by atoms with Gasteiger partial charge in [-0.2, -0.15) is 13.2 Å². The molecule has 0 radical (unpaired) electrons. The first-order chi connectivity index (χ1) is 15.5. The van der Waals surface area contributed by atoms with E-state index in [0.29, 0.717) is 22.9 Å². The second kappa shape index (κ2) is 9.35. The standard InChI is InChI=1S/C23H22F3N3O4/c1-22(2,20(30)32-3)12-19-27-13-18(33-19)14-4-8-16(9-5-14)28-21(31)29-17-10-6-15(7-11-17)23(24,25)26/h4-11,13H,12H2,1-3H3,(H2,28,29,31). The normalized spacial score (nSPS) is 11.7. The van der Waals surface area contributed by atoms with Crippen LogP contribution in [-0.2, 0) is 22.1 Å². The first-order valence-electron chi connectivity index (χ1n) is 9.87. The van der Waals surface area contributed by atoms with E-state index in [1.807, 2.05) is 0 Å². The number of nitrogens with zero attached hydrogens (tertiary/aromatic N) is 1. The molecular weight excluding hydrogens is 439 g/mol. The average Bonchev–Trinajstić information content (AvgIpc) is 3.21. The molecule has 0 aliphatic rings. The Balaban J connectivity index is 1.60. The van der Waals surface area contributed by atoms with E-state index in [1.165, 1.54) is 19.2 Å². The molecule has 1 aromatic heterocycles. The summed E-state index contributed by atoms with van der Waals surface area (Å²) in [5.74, 6) is 0.511. The van der Waals surface area contributed by atoms with Crippen LogP contribution in [-0.4, -0.2) is 24.1 Å². The molecular formula is C23H22F3N3O4. The van der Waals surface area contributed by atoms with Gasteiger partial charge < -0.3 is 19.8 Å². The number of aromatic nitrogens is 1. The molecule has 0 saturated carbocycles. The van der Waals surface area contributed by atoms with Crippen molar-refractivity contribution < 1.29 is 31.9 Å². The lowest BCUT2D eigenvalue weighted by Gasteiger charge is -2.18. The van der Waals surface area contributed by atoms with Gasteiger partial charge in [0.15, 0.2) is 11.7 Å². The molecule has 0 atom stereocenters. The number of carbonyl (C=O) groups excluding carboxylic acids is 2. The van der Waals surface area contributed by atoms with Gasteiger partial charge >= 0.3 is 18.2 Å². The van der Waals surface area contributed by atoms with Crippen LogP contribution in [0.3, 0.4) is 0 Å². The SMILES string of the molecule is COC(=O)C(C)(C)Cc1ncc(-c2ccc(NC(=O)Nc3ccc(C(F)(F)F)cc3)cc2)o1. The smallest absolute Gasteiger partial charge is 0.416 e. The maximum atomic E-state index is 12.6. The minimum absolute atomic E-state index is 0.223. The van der Waals surface area contributed by atoms with Crippen molar-refractivity contribution in [1.29, 1.82) is 0 Å². The summed E-state index contributed by atoms with van der Waals surface area (Å²) >= 11 is 0. The zero-order chi connectivity index (χ0) is 24.2. The van der Waals surface area contributed by atoms with Crippen LogP contribution in [0.5, 0.6) is 0 Å². The van der Waals surface area contributed by atoms with E-state index in [9.17, 15) is 22.8 Å². The number of hydrogen-bond acceptors (Lipinski definition) is 5. The number of nitrogens with one attached hydrogen (secondary N) is 2. The van der Waals surface area contributed by atoms with Crippen molar-refractivity contribution in [3.63, 3.8) is 0 Å². The van der Waals surface area contributed by atoms with E-state index in [-0.39, 0.29) is 18.1 Å². The third-order valence-electron chi connectivity index (χ3n) is 4.78. The van der Waals surface area contributed by atoms with Crippen LogP contribution in [0.15, 0.2) is 59.1 Å². The van der Waals surface area contributed by atoms with Crippen LogP contribution in [0.2, 0.25) is 0 Å². The molecule has 7 nitrogen and oxygen atoms in total. The fourth-order valence-electron chi connectivity index (χ4n) is 3.01. The number of rotatable bonds is 6. The number of benzene rings is 2. The number of anilines is 2. The van der Waals surface area contributed by atoms with Gasteiger partial charge in [-0.1, -0.05) is 0 Å². The molecule has 33 heavy (non-hydrogen) atoms. The second-order valence-corrected chi connectivity index (χ2v) is 7.90. The molecule has 0 fully saturated rings. The third kappa shape index (κ3) is 6.12. The number of esters is 1. The Bertz CT molecular complexity index is 1120. The van der Waals surface area contributed by atoms with Crippen molar-refractivity contribution in [3.8, 4) is 11.3 Å². The third-order valence-corrected chi connectivity index (χ3v) is 4.78. The quantitative estimate of drug-likeness (QED) is 0.456. The minimum atomic E-state index is -4.44. The Kier molecular flexibility index (Phi) is 6.75. The van der Waals surface area contributed by atoms with Crippen molar-refractivity contribution in [2.24, 2.45) is 5.41 Å². The number of hydrogen-bond donors (Lipinski definition) is 2. The fraction of sp³-hybridized carbons (Fsp3) is 0.261. The first-order valence-corrected chi connectivity index (χ1v) is 9.87. The molecule has 0 spiro atoms. The number of halogens is 3. The molecule has 1 heterocycles. The van der Waals surface area contributed by atoms with E-state index in [0.717, 1.165) is 12.1 Å². The summed E-state index contributed by atoms with van der Waals surface area (Å²) in [6.45, 7) is 3.47. The van der Waals surface area contributed by atoms with Crippen molar-refractivity contribution in [3.05, 3.63) is 66.2 Å². The van der Waals surface area contributed by atoms with Gasteiger partial charge in [-0.25, -0.2) is 9.78 Å². The fourth-order valence-corrected chi connectivity index (χ4v) is 3.01. The molecule has 3 rings (SSSR count). The van der Waals surface area contributed by atoms with Crippen LogP contribution in [0, 0.1) is 5.41 Å². The number of ether oxygens (including phenoxy) is 1. The predicted octanol–water partition coefficient (Wildman–Crippen LogP) is 5.75. The first kappa shape index (κ1) is 23.8. The summed E-state index contributed by atoms with van der Waals surface area (Å²) in [5.41, 5.74) is -0.187. The van der Waals surface area contributed by atoms with Crippen LogP contribution < -0.4 is 10.6 Å². The van der Waals surface area contributed by atoms with Crippen molar-refractivity contribution in [2.45, 2.75) is 26.4 Å². The van der Waals surface area contributed by atoms with Gasteiger partial charge in [0, 0.05) is 23.4 Å². The molecule has 0 unspecified atom stereocenters. The van der Waals surface area contributed by atoms with Crippen LogP contribution in [0.1, 0.15) is 25.3 Å².